The Morgan fingerprint density at radius 1 is 1.24 bits per heavy atom. The maximum absolute atomic E-state index is 11.9. The number of nitrogens with one attached hydrogen (secondary N) is 2. The minimum absolute atomic E-state index is 0.104. The van der Waals surface area contributed by atoms with E-state index in [1.54, 1.807) is 35.2 Å². The Hall–Kier alpha value is -3.11. The largest absolute Gasteiger partial charge is 0.364 e. The quantitative estimate of drug-likeness (QED) is 0.417. The molecule has 1 amide bonds. The lowest BCUT2D eigenvalue weighted by molar-refractivity contribution is 0.0996. The van der Waals surface area contributed by atoms with Crippen molar-refractivity contribution >= 4 is 35.2 Å². The molecular weight excluding hydrogens is 448 g/mol. The molecule has 3 heterocycles. The summed E-state index contributed by atoms with van der Waals surface area (Å²) in [5.74, 6) is 0.941. The summed E-state index contributed by atoms with van der Waals surface area (Å²) in [6.07, 6.45) is 7.19. The average Bonchev–Trinajstić information content (AvgIpc) is 3.23. The number of nitrogens with zero attached hydrogens (tertiary/aromatic N) is 5. The fourth-order valence-electron chi connectivity index (χ4n) is 4.10. The number of rotatable bonds is 8. The highest BCUT2D eigenvalue weighted by Gasteiger charge is 2.30. The van der Waals surface area contributed by atoms with E-state index in [9.17, 15) is 4.79 Å². The summed E-state index contributed by atoms with van der Waals surface area (Å²) in [5.41, 5.74) is 7.70. The highest BCUT2D eigenvalue weighted by Crippen LogP contribution is 2.28. The first-order chi connectivity index (χ1) is 16.3. The van der Waals surface area contributed by atoms with Crippen LogP contribution in [-0.2, 0) is 7.05 Å². The molecule has 2 atom stereocenters. The van der Waals surface area contributed by atoms with Gasteiger partial charge in [-0.05, 0) is 55.3 Å². The van der Waals surface area contributed by atoms with Gasteiger partial charge < -0.3 is 16.0 Å². The first-order valence-electron chi connectivity index (χ1n) is 11.5. The fraction of sp³-hybridized carbons (Fsp3) is 0.417. The highest BCUT2D eigenvalue weighted by molar-refractivity contribution is 7.97. The summed E-state index contributed by atoms with van der Waals surface area (Å²) in [6.45, 7) is 7.46. The van der Waals surface area contributed by atoms with E-state index >= 15 is 0 Å². The molecular formula is C24H32N8OS. The van der Waals surface area contributed by atoms with Crippen molar-refractivity contribution in [3.63, 3.8) is 0 Å². The van der Waals surface area contributed by atoms with E-state index in [2.05, 4.69) is 70.1 Å². The van der Waals surface area contributed by atoms with Gasteiger partial charge in [0.2, 0.25) is 0 Å². The molecule has 0 radical (unpaired) electrons. The SMILES string of the molecule is CC(C)c1ccc(SN[C@@H]2CCCN(c3cnc(C(N)=O)c(Nc4cnn(C)c4)n3)[C@@H]2C)cc1. The van der Waals surface area contributed by atoms with Crippen molar-refractivity contribution in [1.82, 2.24) is 24.5 Å². The standard InChI is InChI=1S/C24H32N8OS/c1-15(2)17-7-9-19(10-8-17)34-30-20-6-5-11-32(16(20)3)21-13-26-22(23(25)33)24(29-21)28-18-12-27-31(4)14-18/h7-10,12-16,20,30H,5-6,11H2,1-4H3,(H2,25,33)(H,28,29)/t16-,20-/m1/s1. The van der Waals surface area contributed by atoms with E-state index in [-0.39, 0.29) is 17.8 Å². The minimum atomic E-state index is -0.628. The maximum atomic E-state index is 11.9. The molecule has 1 saturated heterocycles. The van der Waals surface area contributed by atoms with Crippen LogP contribution in [0.3, 0.4) is 0 Å². The molecule has 1 aliphatic rings. The lowest BCUT2D eigenvalue weighted by atomic mass is 9.98. The monoisotopic (exact) mass is 480 g/mol. The van der Waals surface area contributed by atoms with Gasteiger partial charge in [-0.25, -0.2) is 9.97 Å². The summed E-state index contributed by atoms with van der Waals surface area (Å²) in [7, 11) is 1.82. The number of aryl methyl sites for hydroxylation is 1. The number of benzene rings is 1. The molecule has 10 heteroatoms. The number of hydrogen-bond acceptors (Lipinski definition) is 8. The Labute approximate surface area is 204 Å². The highest BCUT2D eigenvalue weighted by atomic mass is 32.2. The van der Waals surface area contributed by atoms with E-state index in [1.165, 1.54) is 10.5 Å². The lowest BCUT2D eigenvalue weighted by Crippen LogP contribution is -2.51. The molecule has 0 spiro atoms. The number of carbonyl (C=O) groups is 1. The van der Waals surface area contributed by atoms with Crippen molar-refractivity contribution in [2.45, 2.75) is 56.5 Å². The second-order valence-corrected chi connectivity index (χ2v) is 9.85. The second kappa shape index (κ2) is 10.4. The molecule has 2 aromatic heterocycles. The van der Waals surface area contributed by atoms with Crippen molar-refractivity contribution in [2.75, 3.05) is 16.8 Å². The number of piperidine rings is 1. The Balaban J connectivity index is 1.48. The molecule has 0 bridgehead atoms. The topological polar surface area (TPSA) is 114 Å². The Bertz CT molecular complexity index is 1130. The zero-order valence-corrected chi connectivity index (χ0v) is 20.8. The first-order valence-corrected chi connectivity index (χ1v) is 12.3. The van der Waals surface area contributed by atoms with Crippen LogP contribution in [0.4, 0.5) is 17.3 Å². The summed E-state index contributed by atoms with van der Waals surface area (Å²) < 4.78 is 5.32. The molecule has 180 valence electrons. The van der Waals surface area contributed by atoms with Gasteiger partial charge in [-0.1, -0.05) is 26.0 Å². The van der Waals surface area contributed by atoms with Crippen molar-refractivity contribution in [3.05, 3.63) is 54.1 Å². The van der Waals surface area contributed by atoms with E-state index in [0.29, 0.717) is 23.2 Å². The number of hydrogen-bond donors (Lipinski definition) is 3. The molecule has 0 saturated carbocycles. The zero-order valence-electron chi connectivity index (χ0n) is 20.0. The van der Waals surface area contributed by atoms with Crippen LogP contribution in [0, 0.1) is 0 Å². The molecule has 3 aromatic rings. The molecule has 4 rings (SSSR count). The zero-order chi connectivity index (χ0) is 24.2. The fourth-order valence-corrected chi connectivity index (χ4v) is 4.97. The predicted molar refractivity (Wildman–Crippen MR) is 136 cm³/mol. The van der Waals surface area contributed by atoms with E-state index < -0.39 is 5.91 Å². The number of amides is 1. The smallest absolute Gasteiger partial charge is 0.271 e. The second-order valence-electron chi connectivity index (χ2n) is 8.94. The van der Waals surface area contributed by atoms with Crippen molar-refractivity contribution in [3.8, 4) is 0 Å². The van der Waals surface area contributed by atoms with Gasteiger partial charge in [0.15, 0.2) is 11.5 Å². The van der Waals surface area contributed by atoms with Gasteiger partial charge in [-0.2, -0.15) is 5.10 Å². The molecule has 34 heavy (non-hydrogen) atoms. The van der Waals surface area contributed by atoms with Gasteiger partial charge in [-0.3, -0.25) is 14.2 Å². The Kier molecular flexibility index (Phi) is 7.38. The average molecular weight is 481 g/mol. The van der Waals surface area contributed by atoms with Crippen LogP contribution in [0.2, 0.25) is 0 Å². The third-order valence-electron chi connectivity index (χ3n) is 6.12. The van der Waals surface area contributed by atoms with Crippen LogP contribution in [0.15, 0.2) is 47.8 Å². The normalized spacial score (nSPS) is 18.3. The van der Waals surface area contributed by atoms with Crippen LogP contribution < -0.4 is 20.7 Å². The number of anilines is 3. The van der Waals surface area contributed by atoms with Crippen molar-refractivity contribution in [1.29, 1.82) is 0 Å². The number of nitrogens with two attached hydrogens (primary N) is 1. The summed E-state index contributed by atoms with van der Waals surface area (Å²) >= 11 is 1.67. The molecule has 0 aliphatic carbocycles. The van der Waals surface area contributed by atoms with Crippen LogP contribution >= 0.6 is 11.9 Å². The van der Waals surface area contributed by atoms with Gasteiger partial charge in [-0.15, -0.1) is 0 Å². The van der Waals surface area contributed by atoms with Crippen molar-refractivity contribution in [2.24, 2.45) is 12.8 Å². The third-order valence-corrected chi connectivity index (χ3v) is 7.05. The summed E-state index contributed by atoms with van der Waals surface area (Å²) in [5, 5.41) is 7.28. The van der Waals surface area contributed by atoms with Crippen LogP contribution in [0.5, 0.6) is 0 Å². The lowest BCUT2D eigenvalue weighted by Gasteiger charge is -2.40. The number of primary amides is 1. The molecule has 1 fully saturated rings. The van der Waals surface area contributed by atoms with Gasteiger partial charge in [0.1, 0.15) is 5.82 Å². The predicted octanol–water partition coefficient (Wildman–Crippen LogP) is 3.83. The van der Waals surface area contributed by atoms with Gasteiger partial charge in [0.05, 0.1) is 18.1 Å². The molecule has 1 aliphatic heterocycles. The first kappa shape index (κ1) is 24.0. The van der Waals surface area contributed by atoms with Crippen molar-refractivity contribution < 1.29 is 4.79 Å². The van der Waals surface area contributed by atoms with Crippen LogP contribution in [0.1, 0.15) is 55.6 Å². The third kappa shape index (κ3) is 5.51. The molecule has 1 aromatic carbocycles. The van der Waals surface area contributed by atoms with E-state index in [4.69, 9.17) is 10.7 Å². The van der Waals surface area contributed by atoms with Crippen LogP contribution in [-0.4, -0.2) is 44.3 Å². The Morgan fingerprint density at radius 2 is 2.00 bits per heavy atom. The van der Waals surface area contributed by atoms with Gasteiger partial charge in [0.25, 0.3) is 5.91 Å². The number of aromatic nitrogens is 4. The van der Waals surface area contributed by atoms with Crippen LogP contribution in [0.25, 0.3) is 0 Å². The number of carbonyl (C=O) groups excluding carboxylic acids is 1. The van der Waals surface area contributed by atoms with E-state index in [0.717, 1.165) is 19.4 Å². The van der Waals surface area contributed by atoms with Gasteiger partial charge >= 0.3 is 0 Å². The maximum Gasteiger partial charge on any atom is 0.271 e. The molecule has 4 N–H and O–H groups in total. The molecule has 0 unspecified atom stereocenters. The van der Waals surface area contributed by atoms with Gasteiger partial charge in [0, 0.05) is 36.8 Å². The minimum Gasteiger partial charge on any atom is -0.364 e. The summed E-state index contributed by atoms with van der Waals surface area (Å²) in [6, 6.07) is 9.19. The Morgan fingerprint density at radius 3 is 2.65 bits per heavy atom. The van der Waals surface area contributed by atoms with E-state index in [1.807, 2.05) is 7.05 Å². The molecule has 9 nitrogen and oxygen atoms in total. The summed E-state index contributed by atoms with van der Waals surface area (Å²) in [4.78, 5) is 24.4.